The number of aromatic nitrogens is 2. The average molecular weight is 422 g/mol. The van der Waals surface area contributed by atoms with Crippen molar-refractivity contribution < 1.29 is 22.8 Å². The summed E-state index contributed by atoms with van der Waals surface area (Å²) in [5.41, 5.74) is 0.653. The highest BCUT2D eigenvalue weighted by molar-refractivity contribution is 6.10. The van der Waals surface area contributed by atoms with Crippen LogP contribution in [0, 0.1) is 17.5 Å². The van der Waals surface area contributed by atoms with E-state index in [1.54, 1.807) is 24.4 Å². The normalized spacial score (nSPS) is 10.7. The zero-order chi connectivity index (χ0) is 22.0. The summed E-state index contributed by atoms with van der Waals surface area (Å²) in [7, 11) is 0. The number of hydrogen-bond donors (Lipinski definition) is 2. The van der Waals surface area contributed by atoms with Gasteiger partial charge in [-0.3, -0.25) is 14.8 Å². The van der Waals surface area contributed by atoms with Gasteiger partial charge in [-0.1, -0.05) is 6.07 Å². The first-order valence-electron chi connectivity index (χ1n) is 8.98. The number of amides is 2. The maximum atomic E-state index is 14.1. The van der Waals surface area contributed by atoms with E-state index in [1.807, 2.05) is 0 Å². The number of benzene rings is 2. The lowest BCUT2D eigenvalue weighted by atomic mass is 10.1. The molecule has 9 heteroatoms. The zero-order valence-corrected chi connectivity index (χ0v) is 15.7. The molecule has 4 aromatic rings. The molecule has 2 aromatic carbocycles. The monoisotopic (exact) mass is 422 g/mol. The molecular weight excluding hydrogens is 409 g/mol. The van der Waals surface area contributed by atoms with Crippen molar-refractivity contribution in [1.29, 1.82) is 0 Å². The standard InChI is InChI=1S/C22H13F3N4O2/c23-14-6-13(21(30)19-8-12-2-1-5-26-20(12)11-27-19)7-16(9-14)29-22(31)28-15-3-4-17(24)18(25)10-15/h1-11H,(H2,28,29,31). The van der Waals surface area contributed by atoms with Crippen molar-refractivity contribution >= 4 is 34.1 Å². The molecule has 2 N–H and O–H groups in total. The number of nitrogens with one attached hydrogen (secondary N) is 2. The van der Waals surface area contributed by atoms with Gasteiger partial charge in [0.2, 0.25) is 5.78 Å². The van der Waals surface area contributed by atoms with E-state index in [0.29, 0.717) is 10.9 Å². The van der Waals surface area contributed by atoms with Crippen molar-refractivity contribution in [2.75, 3.05) is 10.6 Å². The van der Waals surface area contributed by atoms with Crippen LogP contribution in [0.25, 0.3) is 10.9 Å². The maximum absolute atomic E-state index is 14.1. The summed E-state index contributed by atoms with van der Waals surface area (Å²) < 4.78 is 40.3. The van der Waals surface area contributed by atoms with E-state index >= 15 is 0 Å². The molecular formula is C22H13F3N4O2. The SMILES string of the molecule is O=C(Nc1cc(F)cc(C(=O)c2cc3cccnc3cn2)c1)Nc1ccc(F)c(F)c1. The molecule has 154 valence electrons. The number of urea groups is 1. The molecule has 0 saturated carbocycles. The van der Waals surface area contributed by atoms with Crippen LogP contribution in [-0.4, -0.2) is 21.8 Å². The first kappa shape index (κ1) is 20.0. The molecule has 2 amide bonds. The van der Waals surface area contributed by atoms with Gasteiger partial charge in [-0.25, -0.2) is 18.0 Å². The Morgan fingerprint density at radius 1 is 0.806 bits per heavy atom. The number of anilines is 2. The number of fused-ring (bicyclic) bond motifs is 1. The number of nitrogens with zero attached hydrogens (tertiary/aromatic N) is 2. The second-order valence-corrected chi connectivity index (χ2v) is 6.53. The third-order valence-electron chi connectivity index (χ3n) is 4.32. The lowest BCUT2D eigenvalue weighted by Crippen LogP contribution is -2.20. The Morgan fingerprint density at radius 3 is 2.42 bits per heavy atom. The summed E-state index contributed by atoms with van der Waals surface area (Å²) in [6.45, 7) is 0. The average Bonchev–Trinajstić information content (AvgIpc) is 2.75. The van der Waals surface area contributed by atoms with Crippen molar-refractivity contribution in [1.82, 2.24) is 9.97 Å². The summed E-state index contributed by atoms with van der Waals surface area (Å²) in [5.74, 6) is -3.49. The Balaban J connectivity index is 1.55. The minimum atomic E-state index is -1.13. The van der Waals surface area contributed by atoms with Crippen LogP contribution in [0.4, 0.5) is 29.3 Å². The summed E-state index contributed by atoms with van der Waals surface area (Å²) in [5, 5.41) is 5.34. The first-order valence-corrected chi connectivity index (χ1v) is 8.98. The summed E-state index contributed by atoms with van der Waals surface area (Å²) >= 11 is 0. The molecule has 0 bridgehead atoms. The van der Waals surface area contributed by atoms with Gasteiger partial charge >= 0.3 is 6.03 Å². The topological polar surface area (TPSA) is 84.0 Å². The van der Waals surface area contributed by atoms with Crippen LogP contribution in [0.1, 0.15) is 16.1 Å². The minimum absolute atomic E-state index is 0.00178. The lowest BCUT2D eigenvalue weighted by Gasteiger charge is -2.10. The van der Waals surface area contributed by atoms with Crippen molar-refractivity contribution in [3.8, 4) is 0 Å². The molecule has 6 nitrogen and oxygen atoms in total. The van der Waals surface area contributed by atoms with Crippen LogP contribution < -0.4 is 10.6 Å². The van der Waals surface area contributed by atoms with Crippen molar-refractivity contribution in [2.45, 2.75) is 0 Å². The molecule has 0 radical (unpaired) electrons. The molecule has 31 heavy (non-hydrogen) atoms. The van der Waals surface area contributed by atoms with E-state index in [4.69, 9.17) is 0 Å². The van der Waals surface area contributed by atoms with Crippen molar-refractivity contribution in [3.63, 3.8) is 0 Å². The number of halogens is 3. The van der Waals surface area contributed by atoms with Crippen LogP contribution in [0.5, 0.6) is 0 Å². The molecule has 0 aliphatic carbocycles. The summed E-state index contributed by atoms with van der Waals surface area (Å²) in [6.07, 6.45) is 3.04. The molecule has 4 rings (SSSR count). The van der Waals surface area contributed by atoms with E-state index in [-0.39, 0.29) is 22.6 Å². The predicted molar refractivity (Wildman–Crippen MR) is 108 cm³/mol. The predicted octanol–water partition coefficient (Wildman–Crippen LogP) is 4.92. The fourth-order valence-corrected chi connectivity index (χ4v) is 2.91. The highest BCUT2D eigenvalue weighted by Crippen LogP contribution is 2.20. The Morgan fingerprint density at radius 2 is 1.61 bits per heavy atom. The number of carbonyl (C=O) groups is 2. The molecule has 0 aliphatic rings. The van der Waals surface area contributed by atoms with Gasteiger partial charge in [0.05, 0.1) is 11.7 Å². The summed E-state index contributed by atoms with van der Waals surface area (Å²) in [4.78, 5) is 33.1. The Labute approximate surface area is 173 Å². The Kier molecular flexibility index (Phi) is 5.31. The number of pyridine rings is 2. The highest BCUT2D eigenvalue weighted by Gasteiger charge is 2.15. The molecule has 2 heterocycles. The largest absolute Gasteiger partial charge is 0.323 e. The van der Waals surface area contributed by atoms with E-state index in [0.717, 1.165) is 24.3 Å². The van der Waals surface area contributed by atoms with Gasteiger partial charge in [-0.05, 0) is 42.5 Å². The van der Waals surface area contributed by atoms with Crippen LogP contribution in [0.15, 0.2) is 67.0 Å². The van der Waals surface area contributed by atoms with Gasteiger partial charge in [0.25, 0.3) is 0 Å². The van der Waals surface area contributed by atoms with Gasteiger partial charge in [-0.2, -0.15) is 0 Å². The fourth-order valence-electron chi connectivity index (χ4n) is 2.91. The van der Waals surface area contributed by atoms with Crippen LogP contribution >= 0.6 is 0 Å². The second kappa shape index (κ2) is 8.23. The number of hydrogen-bond acceptors (Lipinski definition) is 4. The van der Waals surface area contributed by atoms with Gasteiger partial charge in [-0.15, -0.1) is 0 Å². The maximum Gasteiger partial charge on any atom is 0.323 e. The summed E-state index contributed by atoms with van der Waals surface area (Å²) in [6, 6.07) is 10.3. The third kappa shape index (κ3) is 4.50. The molecule has 2 aromatic heterocycles. The molecule has 0 saturated heterocycles. The smallest absolute Gasteiger partial charge is 0.308 e. The molecule has 0 aliphatic heterocycles. The number of ketones is 1. The molecule has 0 unspecified atom stereocenters. The van der Waals surface area contributed by atoms with Gasteiger partial charge in [0.1, 0.15) is 11.5 Å². The number of carbonyl (C=O) groups excluding carboxylic acids is 2. The Hall–Kier alpha value is -4.27. The van der Waals surface area contributed by atoms with Crippen LogP contribution in [0.3, 0.4) is 0 Å². The van der Waals surface area contributed by atoms with Crippen molar-refractivity contribution in [3.05, 3.63) is 95.7 Å². The van der Waals surface area contributed by atoms with E-state index in [9.17, 15) is 22.8 Å². The van der Waals surface area contributed by atoms with Crippen molar-refractivity contribution in [2.24, 2.45) is 0 Å². The highest BCUT2D eigenvalue weighted by atomic mass is 19.2. The van der Waals surface area contributed by atoms with Crippen LogP contribution in [-0.2, 0) is 0 Å². The third-order valence-corrected chi connectivity index (χ3v) is 4.32. The molecule has 0 spiro atoms. The van der Waals surface area contributed by atoms with E-state index in [2.05, 4.69) is 20.6 Å². The van der Waals surface area contributed by atoms with E-state index in [1.165, 1.54) is 18.3 Å². The van der Waals surface area contributed by atoms with Gasteiger partial charge in [0, 0.05) is 34.6 Å². The first-order chi connectivity index (χ1) is 14.9. The van der Waals surface area contributed by atoms with Gasteiger partial charge in [0.15, 0.2) is 11.6 Å². The van der Waals surface area contributed by atoms with Crippen LogP contribution in [0.2, 0.25) is 0 Å². The Bertz CT molecular complexity index is 1330. The van der Waals surface area contributed by atoms with Gasteiger partial charge < -0.3 is 10.6 Å². The number of rotatable bonds is 4. The zero-order valence-electron chi connectivity index (χ0n) is 15.7. The lowest BCUT2D eigenvalue weighted by molar-refractivity contribution is 0.103. The molecule has 0 fully saturated rings. The quantitative estimate of drug-likeness (QED) is 0.457. The fraction of sp³-hybridized carbons (Fsp3) is 0. The second-order valence-electron chi connectivity index (χ2n) is 6.53. The van der Waals surface area contributed by atoms with E-state index < -0.39 is 29.3 Å². The minimum Gasteiger partial charge on any atom is -0.308 e. The molecule has 0 atom stereocenters.